The second-order valence-corrected chi connectivity index (χ2v) is 7.54. The summed E-state index contributed by atoms with van der Waals surface area (Å²) >= 11 is 0. The van der Waals surface area contributed by atoms with Crippen LogP contribution < -0.4 is 0 Å². The van der Waals surface area contributed by atoms with Crippen molar-refractivity contribution in [3.8, 4) is 0 Å². The zero-order valence-electron chi connectivity index (χ0n) is 11.3. The topological polar surface area (TPSA) is 42.4 Å². The summed E-state index contributed by atoms with van der Waals surface area (Å²) in [6.07, 6.45) is -0.0158. The lowest BCUT2D eigenvalue weighted by Crippen LogP contribution is -2.26. The molecule has 1 N–H and O–H groups in total. The summed E-state index contributed by atoms with van der Waals surface area (Å²) in [7, 11) is -0.785. The number of hydrogen-bond donors (Lipinski definition) is 1. The predicted octanol–water partition coefficient (Wildman–Crippen LogP) is 2.93. The highest BCUT2D eigenvalue weighted by Gasteiger charge is 2.29. The van der Waals surface area contributed by atoms with Crippen LogP contribution in [0.15, 0.2) is 18.2 Å². The molecular formula is C13H22NO2Si. The summed E-state index contributed by atoms with van der Waals surface area (Å²) in [5.74, 6) is 0. The van der Waals surface area contributed by atoms with Crippen LogP contribution in [0.4, 0.5) is 0 Å². The van der Waals surface area contributed by atoms with Crippen molar-refractivity contribution < 1.29 is 9.53 Å². The van der Waals surface area contributed by atoms with Crippen molar-refractivity contribution in [3.05, 3.63) is 29.6 Å². The summed E-state index contributed by atoms with van der Waals surface area (Å²) in [5, 5.41) is 9.13. The first-order valence-corrected chi connectivity index (χ1v) is 8.29. The van der Waals surface area contributed by atoms with E-state index >= 15 is 0 Å². The van der Waals surface area contributed by atoms with Crippen LogP contribution in [0.25, 0.3) is 0 Å². The molecule has 0 saturated heterocycles. The fourth-order valence-electron chi connectivity index (χ4n) is 1.65. The predicted molar refractivity (Wildman–Crippen MR) is 70.9 cm³/mol. The molecule has 95 valence electrons. The summed E-state index contributed by atoms with van der Waals surface area (Å²) < 4.78 is 6.06. The molecule has 0 aliphatic heterocycles. The number of aliphatic hydroxyl groups excluding tert-OH is 1. The van der Waals surface area contributed by atoms with Gasteiger partial charge in [-0.1, -0.05) is 26.8 Å². The first-order chi connectivity index (χ1) is 7.84. The Hall–Kier alpha value is -0.713. The van der Waals surface area contributed by atoms with Crippen LogP contribution in [0.1, 0.15) is 38.3 Å². The van der Waals surface area contributed by atoms with Gasteiger partial charge in [0.15, 0.2) is 0 Å². The van der Waals surface area contributed by atoms with Gasteiger partial charge >= 0.3 is 0 Å². The SMILES string of the molecule is C[Si](C)OC(c1cccc(CO)n1)C(C)(C)C. The minimum atomic E-state index is -0.785. The van der Waals surface area contributed by atoms with Gasteiger partial charge in [-0.3, -0.25) is 4.98 Å². The molecule has 0 saturated carbocycles. The molecule has 17 heavy (non-hydrogen) atoms. The molecule has 1 atom stereocenters. The third-order valence-corrected chi connectivity index (χ3v) is 3.11. The third-order valence-electron chi connectivity index (χ3n) is 2.40. The van der Waals surface area contributed by atoms with E-state index in [0.29, 0.717) is 5.69 Å². The molecule has 1 heterocycles. The molecule has 0 aliphatic rings. The highest BCUT2D eigenvalue weighted by molar-refractivity contribution is 6.48. The van der Waals surface area contributed by atoms with Crippen molar-refractivity contribution >= 4 is 9.04 Å². The molecule has 0 aliphatic carbocycles. The molecule has 0 fully saturated rings. The van der Waals surface area contributed by atoms with Gasteiger partial charge in [-0.05, 0) is 30.6 Å². The van der Waals surface area contributed by atoms with E-state index in [1.165, 1.54) is 0 Å². The number of rotatable bonds is 4. The normalized spacial score (nSPS) is 14.1. The van der Waals surface area contributed by atoms with Crippen LogP contribution in [0.2, 0.25) is 13.1 Å². The Morgan fingerprint density at radius 2 is 2.00 bits per heavy atom. The largest absolute Gasteiger partial charge is 0.408 e. The van der Waals surface area contributed by atoms with Crippen molar-refractivity contribution in [2.24, 2.45) is 5.41 Å². The maximum absolute atomic E-state index is 9.13. The van der Waals surface area contributed by atoms with Gasteiger partial charge in [0.05, 0.1) is 24.1 Å². The number of nitrogens with zero attached hydrogens (tertiary/aromatic N) is 1. The van der Waals surface area contributed by atoms with E-state index in [-0.39, 0.29) is 18.1 Å². The van der Waals surface area contributed by atoms with E-state index in [0.717, 1.165) is 5.69 Å². The molecule has 0 spiro atoms. The summed E-state index contributed by atoms with van der Waals surface area (Å²) in [6.45, 7) is 10.7. The lowest BCUT2D eigenvalue weighted by Gasteiger charge is -2.32. The molecule has 1 aromatic rings. The highest BCUT2D eigenvalue weighted by Crippen LogP contribution is 2.35. The van der Waals surface area contributed by atoms with Gasteiger partial charge < -0.3 is 9.53 Å². The summed E-state index contributed by atoms with van der Waals surface area (Å²) in [5.41, 5.74) is 1.61. The van der Waals surface area contributed by atoms with Crippen molar-refractivity contribution in [3.63, 3.8) is 0 Å². The molecule has 3 nitrogen and oxygen atoms in total. The molecule has 1 unspecified atom stereocenters. The Bertz CT molecular complexity index is 361. The van der Waals surface area contributed by atoms with Gasteiger partial charge in [0, 0.05) is 0 Å². The van der Waals surface area contributed by atoms with Crippen molar-refractivity contribution in [1.82, 2.24) is 4.98 Å². The molecule has 1 radical (unpaired) electrons. The van der Waals surface area contributed by atoms with Crippen LogP contribution in [-0.4, -0.2) is 19.1 Å². The average Bonchev–Trinajstić information content (AvgIpc) is 2.24. The minimum Gasteiger partial charge on any atom is -0.408 e. The second kappa shape index (κ2) is 5.75. The van der Waals surface area contributed by atoms with Gasteiger partial charge in [-0.15, -0.1) is 0 Å². The Morgan fingerprint density at radius 3 is 2.47 bits per heavy atom. The van der Waals surface area contributed by atoms with Crippen molar-refractivity contribution in [1.29, 1.82) is 0 Å². The minimum absolute atomic E-state index is 0.00299. The zero-order valence-corrected chi connectivity index (χ0v) is 12.3. The van der Waals surface area contributed by atoms with Gasteiger partial charge in [-0.2, -0.15) is 0 Å². The Morgan fingerprint density at radius 1 is 1.35 bits per heavy atom. The van der Waals surface area contributed by atoms with Crippen LogP contribution in [0.3, 0.4) is 0 Å². The number of pyridine rings is 1. The smallest absolute Gasteiger partial charge is 0.205 e. The maximum atomic E-state index is 9.13. The molecule has 0 aromatic carbocycles. The lowest BCUT2D eigenvalue weighted by molar-refractivity contribution is 0.0822. The fourth-order valence-corrected chi connectivity index (χ4v) is 2.59. The monoisotopic (exact) mass is 252 g/mol. The van der Waals surface area contributed by atoms with Gasteiger partial charge in [-0.25, -0.2) is 0 Å². The van der Waals surface area contributed by atoms with E-state index < -0.39 is 9.04 Å². The van der Waals surface area contributed by atoms with E-state index in [1.54, 1.807) is 0 Å². The van der Waals surface area contributed by atoms with Gasteiger partial charge in [0.25, 0.3) is 0 Å². The molecule has 0 amide bonds. The quantitative estimate of drug-likeness (QED) is 0.838. The Kier molecular flexibility index (Phi) is 4.86. The second-order valence-electron chi connectivity index (χ2n) is 5.48. The first kappa shape index (κ1) is 14.3. The highest BCUT2D eigenvalue weighted by atomic mass is 28.3. The van der Waals surface area contributed by atoms with E-state index in [9.17, 15) is 0 Å². The average molecular weight is 252 g/mol. The molecule has 0 bridgehead atoms. The maximum Gasteiger partial charge on any atom is 0.205 e. The number of aromatic nitrogens is 1. The lowest BCUT2D eigenvalue weighted by atomic mass is 9.87. The summed E-state index contributed by atoms with van der Waals surface area (Å²) in [4.78, 5) is 4.45. The fraction of sp³-hybridized carbons (Fsp3) is 0.615. The van der Waals surface area contributed by atoms with E-state index in [2.05, 4.69) is 38.8 Å². The van der Waals surface area contributed by atoms with Crippen molar-refractivity contribution in [2.45, 2.75) is 46.6 Å². The number of aliphatic hydroxyl groups is 1. The van der Waals surface area contributed by atoms with E-state index in [1.807, 2.05) is 18.2 Å². The zero-order chi connectivity index (χ0) is 13.1. The van der Waals surface area contributed by atoms with E-state index in [4.69, 9.17) is 9.53 Å². The Labute approximate surface area is 106 Å². The number of hydrogen-bond acceptors (Lipinski definition) is 3. The van der Waals surface area contributed by atoms with Gasteiger partial charge in [0.1, 0.15) is 0 Å². The molecule has 1 rings (SSSR count). The van der Waals surface area contributed by atoms with Crippen LogP contribution in [0, 0.1) is 5.41 Å². The third kappa shape index (κ3) is 4.22. The molecule has 1 aromatic heterocycles. The Balaban J connectivity index is 3.04. The van der Waals surface area contributed by atoms with Crippen LogP contribution in [-0.2, 0) is 11.0 Å². The van der Waals surface area contributed by atoms with Crippen LogP contribution in [0.5, 0.6) is 0 Å². The van der Waals surface area contributed by atoms with Gasteiger partial charge in [0.2, 0.25) is 9.04 Å². The van der Waals surface area contributed by atoms with Crippen molar-refractivity contribution in [2.75, 3.05) is 0 Å². The first-order valence-electron chi connectivity index (χ1n) is 5.88. The van der Waals surface area contributed by atoms with Crippen LogP contribution >= 0.6 is 0 Å². The summed E-state index contributed by atoms with van der Waals surface area (Å²) in [6, 6.07) is 5.72. The molecule has 4 heteroatoms. The standard InChI is InChI=1S/C13H22NO2Si/c1-13(2,3)12(16-17(4)5)11-8-6-7-10(9-15)14-11/h6-8,12,15H,9H2,1-5H3. The molecular weight excluding hydrogens is 230 g/mol.